The van der Waals surface area contributed by atoms with Gasteiger partial charge in [0.2, 0.25) is 0 Å². The van der Waals surface area contributed by atoms with Crippen molar-refractivity contribution in [2.24, 2.45) is 7.05 Å². The fourth-order valence-electron chi connectivity index (χ4n) is 4.62. The summed E-state index contributed by atoms with van der Waals surface area (Å²) in [5.74, 6) is 2.23. The number of pyridine rings is 2. The second-order valence-corrected chi connectivity index (χ2v) is 11.6. The standard InChI is InChI=1S/C29H36N10O3/c1-18(2)36(7)24-14-19-20(22(33-24)16-35(6)28(41)42-29(3,4)5)15-38(27(19)40)23-11-9-10-21(32-23)26-34-30-17-39(26)25-12-13-31-37(25)8/h9-14,17-18H,15-16H2,1-8H3. The van der Waals surface area contributed by atoms with Crippen molar-refractivity contribution in [3.8, 4) is 17.3 Å². The molecule has 0 aliphatic carbocycles. The number of nitrogens with zero attached hydrogens (tertiary/aromatic N) is 10. The van der Waals surface area contributed by atoms with Gasteiger partial charge in [-0.05, 0) is 52.8 Å². The van der Waals surface area contributed by atoms with Gasteiger partial charge in [0.25, 0.3) is 5.91 Å². The molecule has 0 saturated carbocycles. The minimum atomic E-state index is -0.634. The smallest absolute Gasteiger partial charge is 0.410 e. The Morgan fingerprint density at radius 1 is 1.14 bits per heavy atom. The van der Waals surface area contributed by atoms with Crippen LogP contribution < -0.4 is 9.80 Å². The second-order valence-electron chi connectivity index (χ2n) is 11.6. The quantitative estimate of drug-likeness (QED) is 0.325. The van der Waals surface area contributed by atoms with Gasteiger partial charge in [0.05, 0.1) is 30.5 Å². The average molecular weight is 573 g/mol. The van der Waals surface area contributed by atoms with Gasteiger partial charge >= 0.3 is 6.09 Å². The Balaban J connectivity index is 1.50. The highest BCUT2D eigenvalue weighted by Gasteiger charge is 2.34. The first-order valence-electron chi connectivity index (χ1n) is 13.7. The predicted molar refractivity (Wildman–Crippen MR) is 157 cm³/mol. The molecule has 220 valence electrons. The summed E-state index contributed by atoms with van der Waals surface area (Å²) in [6.07, 6.45) is 2.83. The molecule has 0 unspecified atom stereocenters. The molecular formula is C29H36N10O3. The van der Waals surface area contributed by atoms with Crippen molar-refractivity contribution in [3.63, 3.8) is 0 Å². The molecular weight excluding hydrogens is 536 g/mol. The van der Waals surface area contributed by atoms with Gasteiger partial charge in [0.15, 0.2) is 5.82 Å². The molecule has 0 spiro atoms. The molecule has 5 rings (SSSR count). The monoisotopic (exact) mass is 572 g/mol. The van der Waals surface area contributed by atoms with E-state index >= 15 is 0 Å². The average Bonchev–Trinajstić information content (AvgIpc) is 3.66. The molecule has 0 N–H and O–H groups in total. The summed E-state index contributed by atoms with van der Waals surface area (Å²) >= 11 is 0. The topological polar surface area (TPSA) is 127 Å². The second kappa shape index (κ2) is 10.9. The third-order valence-corrected chi connectivity index (χ3v) is 7.05. The summed E-state index contributed by atoms with van der Waals surface area (Å²) in [5, 5.41) is 12.6. The Bertz CT molecular complexity index is 1630. The first-order chi connectivity index (χ1) is 19.8. The third-order valence-electron chi connectivity index (χ3n) is 7.05. The van der Waals surface area contributed by atoms with Gasteiger partial charge in [-0.2, -0.15) is 5.10 Å². The van der Waals surface area contributed by atoms with Crippen LogP contribution in [0, 0.1) is 0 Å². The fourth-order valence-corrected chi connectivity index (χ4v) is 4.62. The number of hydrogen-bond donors (Lipinski definition) is 0. The van der Waals surface area contributed by atoms with Crippen molar-refractivity contribution in [3.05, 3.63) is 59.7 Å². The zero-order chi connectivity index (χ0) is 30.3. The lowest BCUT2D eigenvalue weighted by Gasteiger charge is -2.26. The van der Waals surface area contributed by atoms with E-state index in [0.29, 0.717) is 34.4 Å². The van der Waals surface area contributed by atoms with Crippen molar-refractivity contribution in [1.82, 2.24) is 39.4 Å². The van der Waals surface area contributed by atoms with Crippen LogP contribution in [0.5, 0.6) is 0 Å². The maximum absolute atomic E-state index is 13.9. The van der Waals surface area contributed by atoms with Gasteiger partial charge in [-0.25, -0.2) is 14.8 Å². The number of anilines is 2. The van der Waals surface area contributed by atoms with Crippen LogP contribution in [0.2, 0.25) is 0 Å². The molecule has 13 heteroatoms. The Morgan fingerprint density at radius 2 is 1.90 bits per heavy atom. The highest BCUT2D eigenvalue weighted by molar-refractivity contribution is 6.10. The molecule has 4 aromatic rings. The van der Waals surface area contributed by atoms with E-state index < -0.39 is 11.7 Å². The molecule has 0 bridgehead atoms. The summed E-state index contributed by atoms with van der Waals surface area (Å²) in [4.78, 5) is 41.5. The normalized spacial score (nSPS) is 13.1. The Morgan fingerprint density at radius 3 is 2.57 bits per heavy atom. The summed E-state index contributed by atoms with van der Waals surface area (Å²) in [7, 11) is 5.43. The molecule has 0 fully saturated rings. The van der Waals surface area contributed by atoms with Crippen LogP contribution in [0.15, 0.2) is 42.9 Å². The van der Waals surface area contributed by atoms with E-state index in [1.165, 1.54) is 4.90 Å². The van der Waals surface area contributed by atoms with Crippen LogP contribution in [-0.2, 0) is 24.9 Å². The van der Waals surface area contributed by atoms with E-state index in [1.54, 1.807) is 39.8 Å². The fraction of sp³-hybridized carbons (Fsp3) is 0.414. The third kappa shape index (κ3) is 5.54. The van der Waals surface area contributed by atoms with Crippen molar-refractivity contribution in [1.29, 1.82) is 0 Å². The largest absolute Gasteiger partial charge is 0.444 e. The minimum Gasteiger partial charge on any atom is -0.444 e. The lowest BCUT2D eigenvalue weighted by molar-refractivity contribution is 0.0282. The maximum Gasteiger partial charge on any atom is 0.410 e. The maximum atomic E-state index is 13.9. The van der Waals surface area contributed by atoms with Gasteiger partial charge < -0.3 is 14.5 Å². The van der Waals surface area contributed by atoms with Gasteiger partial charge in [-0.15, -0.1) is 10.2 Å². The van der Waals surface area contributed by atoms with Crippen molar-refractivity contribution < 1.29 is 14.3 Å². The van der Waals surface area contributed by atoms with Crippen LogP contribution >= 0.6 is 0 Å². The summed E-state index contributed by atoms with van der Waals surface area (Å²) < 4.78 is 9.06. The van der Waals surface area contributed by atoms with Crippen LogP contribution in [-0.4, -0.2) is 77.2 Å². The van der Waals surface area contributed by atoms with E-state index in [9.17, 15) is 9.59 Å². The molecule has 4 aromatic heterocycles. The first-order valence-corrected chi connectivity index (χ1v) is 13.7. The van der Waals surface area contributed by atoms with Crippen LogP contribution in [0.1, 0.15) is 56.2 Å². The van der Waals surface area contributed by atoms with E-state index in [0.717, 1.165) is 11.4 Å². The van der Waals surface area contributed by atoms with Crippen LogP contribution in [0.3, 0.4) is 0 Å². The lowest BCUT2D eigenvalue weighted by Crippen LogP contribution is -2.34. The van der Waals surface area contributed by atoms with Gasteiger partial charge in [-0.3, -0.25) is 18.9 Å². The first kappa shape index (κ1) is 28.7. The van der Waals surface area contributed by atoms with E-state index in [4.69, 9.17) is 14.7 Å². The van der Waals surface area contributed by atoms with Crippen molar-refractivity contribution in [2.75, 3.05) is 23.9 Å². The molecule has 1 aliphatic rings. The van der Waals surface area contributed by atoms with Gasteiger partial charge in [-0.1, -0.05) is 6.07 Å². The number of carbonyl (C=O) groups is 2. The van der Waals surface area contributed by atoms with Crippen LogP contribution in [0.25, 0.3) is 17.3 Å². The van der Waals surface area contributed by atoms with E-state index in [2.05, 4.69) is 29.1 Å². The van der Waals surface area contributed by atoms with Crippen LogP contribution in [0.4, 0.5) is 16.4 Å². The number of carbonyl (C=O) groups excluding carboxylic acids is 2. The summed E-state index contributed by atoms with van der Waals surface area (Å²) in [6, 6.07) is 9.27. The number of ether oxygens (including phenoxy) is 1. The van der Waals surface area contributed by atoms with Gasteiger partial charge in [0.1, 0.15) is 35.1 Å². The highest BCUT2D eigenvalue weighted by atomic mass is 16.6. The summed E-state index contributed by atoms with van der Waals surface area (Å²) in [6.45, 7) is 10.0. The molecule has 42 heavy (non-hydrogen) atoms. The Labute approximate surface area is 244 Å². The zero-order valence-electron chi connectivity index (χ0n) is 25.2. The number of amides is 2. The number of aromatic nitrogens is 7. The summed E-state index contributed by atoms with van der Waals surface area (Å²) in [5.41, 5.74) is 1.83. The molecule has 0 saturated heterocycles. The molecule has 0 atom stereocenters. The SMILES string of the molecule is CC(C)N(C)c1cc2c(c(CN(C)C(=O)OC(C)(C)C)n1)CN(c1cccc(-c3nncn3-c3ccnn3C)n1)C2=O. The van der Waals surface area contributed by atoms with Crippen molar-refractivity contribution >= 4 is 23.6 Å². The van der Waals surface area contributed by atoms with Crippen molar-refractivity contribution in [2.45, 2.75) is 59.4 Å². The Hall–Kier alpha value is -4.81. The number of aryl methyl sites for hydroxylation is 1. The zero-order valence-corrected chi connectivity index (χ0v) is 25.2. The number of hydrogen-bond acceptors (Lipinski definition) is 9. The molecule has 0 aromatic carbocycles. The minimum absolute atomic E-state index is 0.148. The highest BCUT2D eigenvalue weighted by Crippen LogP contribution is 2.33. The van der Waals surface area contributed by atoms with Gasteiger partial charge in [0, 0.05) is 38.8 Å². The predicted octanol–water partition coefficient (Wildman–Crippen LogP) is 3.83. The molecule has 2 amide bonds. The molecule has 5 heterocycles. The number of rotatable bonds is 7. The lowest BCUT2D eigenvalue weighted by atomic mass is 10.1. The molecule has 1 aliphatic heterocycles. The molecule has 13 nitrogen and oxygen atoms in total. The number of fused-ring (bicyclic) bond motifs is 1. The Kier molecular flexibility index (Phi) is 7.43. The van der Waals surface area contributed by atoms with E-state index in [1.807, 2.05) is 64.0 Å². The molecule has 0 radical (unpaired) electrons. The van der Waals surface area contributed by atoms with E-state index in [-0.39, 0.29) is 25.0 Å².